The number of likely N-dealkylation sites (tertiary alicyclic amines) is 1. The van der Waals surface area contributed by atoms with Crippen LogP contribution in [0.3, 0.4) is 0 Å². The minimum absolute atomic E-state index is 0.207. The Kier molecular flexibility index (Phi) is 4.78. The third-order valence-corrected chi connectivity index (χ3v) is 3.95. The van der Waals surface area contributed by atoms with E-state index in [0.29, 0.717) is 18.3 Å². The Morgan fingerprint density at radius 2 is 2.00 bits per heavy atom. The van der Waals surface area contributed by atoms with Gasteiger partial charge in [0.2, 0.25) is 5.91 Å². The minimum atomic E-state index is -0.366. The van der Waals surface area contributed by atoms with Gasteiger partial charge < -0.3 is 10.0 Å². The van der Waals surface area contributed by atoms with E-state index in [4.69, 9.17) is 5.11 Å². The Morgan fingerprint density at radius 1 is 1.44 bits per heavy atom. The van der Waals surface area contributed by atoms with Gasteiger partial charge in [-0.3, -0.25) is 4.79 Å². The van der Waals surface area contributed by atoms with Gasteiger partial charge >= 0.3 is 0 Å². The van der Waals surface area contributed by atoms with Crippen LogP contribution in [-0.2, 0) is 4.79 Å². The zero-order valence-corrected chi connectivity index (χ0v) is 10.8. The molecule has 1 amide bonds. The van der Waals surface area contributed by atoms with E-state index < -0.39 is 0 Å². The Labute approximate surface area is 98.8 Å². The van der Waals surface area contributed by atoms with Crippen LogP contribution in [0.1, 0.15) is 52.9 Å². The van der Waals surface area contributed by atoms with Crippen molar-refractivity contribution in [3.8, 4) is 0 Å². The predicted molar refractivity (Wildman–Crippen MR) is 65.1 cm³/mol. The standard InChI is InChI=1S/C13H25NO2/c1-4-13(3)7-9-14(10-8-13)12(16)6-5-11(2)15/h11,15H,4-10H2,1-3H3. The van der Waals surface area contributed by atoms with Gasteiger partial charge in [-0.1, -0.05) is 20.3 Å². The van der Waals surface area contributed by atoms with Gasteiger partial charge in [0, 0.05) is 19.5 Å². The quantitative estimate of drug-likeness (QED) is 0.799. The molecule has 94 valence electrons. The summed E-state index contributed by atoms with van der Waals surface area (Å²) in [6.45, 7) is 8.05. The van der Waals surface area contributed by atoms with Crippen molar-refractivity contribution < 1.29 is 9.90 Å². The van der Waals surface area contributed by atoms with Crippen molar-refractivity contribution in [3.63, 3.8) is 0 Å². The summed E-state index contributed by atoms with van der Waals surface area (Å²) in [7, 11) is 0. The Bertz CT molecular complexity index is 230. The number of piperidine rings is 1. The van der Waals surface area contributed by atoms with Gasteiger partial charge in [-0.05, 0) is 31.6 Å². The minimum Gasteiger partial charge on any atom is -0.393 e. The fraction of sp³-hybridized carbons (Fsp3) is 0.923. The molecule has 0 aromatic carbocycles. The third-order valence-electron chi connectivity index (χ3n) is 3.95. The summed E-state index contributed by atoms with van der Waals surface area (Å²) in [4.78, 5) is 13.8. The van der Waals surface area contributed by atoms with Gasteiger partial charge in [0.1, 0.15) is 0 Å². The predicted octanol–water partition coefficient (Wildman–Crippen LogP) is 2.19. The maximum atomic E-state index is 11.8. The molecule has 1 aliphatic heterocycles. The lowest BCUT2D eigenvalue weighted by Crippen LogP contribution is -2.42. The van der Waals surface area contributed by atoms with Gasteiger partial charge in [0.15, 0.2) is 0 Å². The monoisotopic (exact) mass is 227 g/mol. The summed E-state index contributed by atoms with van der Waals surface area (Å²) < 4.78 is 0. The summed E-state index contributed by atoms with van der Waals surface area (Å²) in [5.74, 6) is 0.207. The molecule has 0 aromatic rings. The van der Waals surface area contributed by atoms with E-state index in [9.17, 15) is 4.79 Å². The fourth-order valence-electron chi connectivity index (χ4n) is 2.14. The van der Waals surface area contributed by atoms with Crippen molar-refractivity contribution in [2.75, 3.05) is 13.1 Å². The molecule has 0 aromatic heterocycles. The topological polar surface area (TPSA) is 40.5 Å². The molecule has 1 fully saturated rings. The molecule has 1 aliphatic rings. The SMILES string of the molecule is CCC1(C)CCN(C(=O)CCC(C)O)CC1. The van der Waals surface area contributed by atoms with E-state index in [2.05, 4.69) is 13.8 Å². The zero-order valence-electron chi connectivity index (χ0n) is 10.8. The van der Waals surface area contributed by atoms with Crippen LogP contribution in [-0.4, -0.2) is 35.1 Å². The number of aliphatic hydroxyl groups is 1. The Morgan fingerprint density at radius 3 is 2.44 bits per heavy atom. The van der Waals surface area contributed by atoms with Crippen LogP contribution in [0.2, 0.25) is 0 Å². The molecule has 1 N–H and O–H groups in total. The fourth-order valence-corrected chi connectivity index (χ4v) is 2.14. The number of amides is 1. The van der Waals surface area contributed by atoms with Gasteiger partial charge in [-0.15, -0.1) is 0 Å². The van der Waals surface area contributed by atoms with Gasteiger partial charge in [0.25, 0.3) is 0 Å². The first-order chi connectivity index (χ1) is 7.47. The zero-order chi connectivity index (χ0) is 12.2. The first-order valence-electron chi connectivity index (χ1n) is 6.43. The highest BCUT2D eigenvalue weighted by Gasteiger charge is 2.29. The molecule has 0 radical (unpaired) electrons. The van der Waals surface area contributed by atoms with Crippen molar-refractivity contribution in [3.05, 3.63) is 0 Å². The number of hydrogen-bond acceptors (Lipinski definition) is 2. The molecule has 1 heterocycles. The summed E-state index contributed by atoms with van der Waals surface area (Å²) in [6.07, 6.45) is 4.13. The molecule has 3 heteroatoms. The highest BCUT2D eigenvalue weighted by Crippen LogP contribution is 2.34. The van der Waals surface area contributed by atoms with E-state index in [0.717, 1.165) is 25.9 Å². The molecule has 0 aliphatic carbocycles. The van der Waals surface area contributed by atoms with Crippen LogP contribution in [0, 0.1) is 5.41 Å². The molecular weight excluding hydrogens is 202 g/mol. The first kappa shape index (κ1) is 13.5. The largest absolute Gasteiger partial charge is 0.393 e. The average Bonchev–Trinajstić information content (AvgIpc) is 2.27. The second-order valence-corrected chi connectivity index (χ2v) is 5.43. The summed E-state index contributed by atoms with van der Waals surface area (Å²) in [5.41, 5.74) is 0.432. The van der Waals surface area contributed by atoms with Crippen LogP contribution in [0.4, 0.5) is 0 Å². The number of nitrogens with zero attached hydrogens (tertiary/aromatic N) is 1. The number of carbonyl (C=O) groups excluding carboxylic acids is 1. The second kappa shape index (κ2) is 5.67. The highest BCUT2D eigenvalue weighted by atomic mass is 16.3. The Hall–Kier alpha value is -0.570. The normalized spacial score (nSPS) is 21.9. The number of aliphatic hydroxyl groups excluding tert-OH is 1. The first-order valence-corrected chi connectivity index (χ1v) is 6.43. The number of hydrogen-bond donors (Lipinski definition) is 1. The number of carbonyl (C=O) groups is 1. The molecule has 1 rings (SSSR count). The summed E-state index contributed by atoms with van der Waals surface area (Å²) in [5, 5.41) is 9.15. The smallest absolute Gasteiger partial charge is 0.222 e. The molecule has 3 nitrogen and oxygen atoms in total. The second-order valence-electron chi connectivity index (χ2n) is 5.43. The molecule has 0 bridgehead atoms. The van der Waals surface area contributed by atoms with Crippen LogP contribution in [0.15, 0.2) is 0 Å². The van der Waals surface area contributed by atoms with Crippen LogP contribution in [0.25, 0.3) is 0 Å². The lowest BCUT2D eigenvalue weighted by molar-refractivity contribution is -0.134. The van der Waals surface area contributed by atoms with Crippen LogP contribution < -0.4 is 0 Å². The van der Waals surface area contributed by atoms with E-state index in [1.165, 1.54) is 6.42 Å². The average molecular weight is 227 g/mol. The molecule has 1 atom stereocenters. The van der Waals surface area contributed by atoms with E-state index >= 15 is 0 Å². The lowest BCUT2D eigenvalue weighted by Gasteiger charge is -2.39. The Balaban J connectivity index is 2.33. The van der Waals surface area contributed by atoms with Gasteiger partial charge in [-0.2, -0.15) is 0 Å². The third kappa shape index (κ3) is 3.78. The maximum absolute atomic E-state index is 11.8. The molecule has 0 saturated carbocycles. The van der Waals surface area contributed by atoms with E-state index in [-0.39, 0.29) is 12.0 Å². The summed E-state index contributed by atoms with van der Waals surface area (Å²) >= 11 is 0. The summed E-state index contributed by atoms with van der Waals surface area (Å²) in [6, 6.07) is 0. The van der Waals surface area contributed by atoms with Gasteiger partial charge in [0.05, 0.1) is 6.10 Å². The molecule has 1 saturated heterocycles. The van der Waals surface area contributed by atoms with Crippen molar-refractivity contribution in [1.82, 2.24) is 4.90 Å². The maximum Gasteiger partial charge on any atom is 0.222 e. The van der Waals surface area contributed by atoms with Gasteiger partial charge in [-0.25, -0.2) is 0 Å². The van der Waals surface area contributed by atoms with Crippen molar-refractivity contribution in [2.45, 2.75) is 59.0 Å². The van der Waals surface area contributed by atoms with Crippen LogP contribution in [0.5, 0.6) is 0 Å². The molecule has 1 unspecified atom stereocenters. The van der Waals surface area contributed by atoms with E-state index in [1.807, 2.05) is 4.90 Å². The van der Waals surface area contributed by atoms with Crippen molar-refractivity contribution >= 4 is 5.91 Å². The van der Waals surface area contributed by atoms with Crippen molar-refractivity contribution in [2.24, 2.45) is 5.41 Å². The molecule has 16 heavy (non-hydrogen) atoms. The number of rotatable bonds is 4. The highest BCUT2D eigenvalue weighted by molar-refractivity contribution is 5.76. The lowest BCUT2D eigenvalue weighted by atomic mass is 9.78. The van der Waals surface area contributed by atoms with Crippen molar-refractivity contribution in [1.29, 1.82) is 0 Å². The van der Waals surface area contributed by atoms with Crippen LogP contribution >= 0.6 is 0 Å². The molecular formula is C13H25NO2. The molecule has 0 spiro atoms. The van der Waals surface area contributed by atoms with E-state index in [1.54, 1.807) is 6.92 Å².